The molecule has 0 saturated heterocycles. The quantitative estimate of drug-likeness (QED) is 0.500. The van der Waals surface area contributed by atoms with E-state index in [4.69, 9.17) is 4.89 Å². The van der Waals surface area contributed by atoms with Gasteiger partial charge in [0.1, 0.15) is 0 Å². The normalized spacial score (nSPS) is 10.4. The van der Waals surface area contributed by atoms with Crippen molar-refractivity contribution in [3.63, 3.8) is 0 Å². The van der Waals surface area contributed by atoms with Crippen molar-refractivity contribution in [3.8, 4) is 0 Å². The third kappa shape index (κ3) is 5.05. The molecule has 0 radical (unpaired) electrons. The van der Waals surface area contributed by atoms with E-state index >= 15 is 0 Å². The minimum Gasteiger partial charge on any atom is -0.344 e. The number of hydrogen-bond donors (Lipinski definition) is 1. The first-order valence-electron chi connectivity index (χ1n) is 2.43. The summed E-state index contributed by atoms with van der Waals surface area (Å²) in [6.45, 7) is 3.45. The van der Waals surface area contributed by atoms with E-state index in [0.29, 0.717) is 12.3 Å². The van der Waals surface area contributed by atoms with Gasteiger partial charge in [-0.15, -0.1) is 0 Å². The molecule has 0 spiro atoms. The van der Waals surface area contributed by atoms with Crippen LogP contribution in [0.1, 0.15) is 13.8 Å². The SMILES string of the molecule is CCP(=O)(O)CC.[Ti]. The third-order valence-electron chi connectivity index (χ3n) is 0.988. The van der Waals surface area contributed by atoms with Gasteiger partial charge in [0.15, 0.2) is 7.37 Å². The Hall–Kier alpha value is 0.904. The second-order valence-electron chi connectivity index (χ2n) is 1.48. The fourth-order valence-corrected chi connectivity index (χ4v) is 0.671. The van der Waals surface area contributed by atoms with Crippen molar-refractivity contribution in [1.82, 2.24) is 0 Å². The Morgan fingerprint density at radius 2 is 1.62 bits per heavy atom. The van der Waals surface area contributed by atoms with Crippen LogP contribution in [0.5, 0.6) is 0 Å². The zero-order valence-corrected chi connectivity index (χ0v) is 7.67. The summed E-state index contributed by atoms with van der Waals surface area (Å²) in [4.78, 5) is 8.69. The maximum atomic E-state index is 10.5. The third-order valence-corrected chi connectivity index (χ3v) is 2.96. The smallest absolute Gasteiger partial charge is 0.200 e. The molecule has 48 valence electrons. The minimum atomic E-state index is -2.65. The average molecular weight is 170 g/mol. The van der Waals surface area contributed by atoms with E-state index in [1.807, 2.05) is 0 Å². The Kier molecular flexibility index (Phi) is 6.93. The van der Waals surface area contributed by atoms with Crippen molar-refractivity contribution in [2.45, 2.75) is 13.8 Å². The average Bonchev–Trinajstić information content (AvgIpc) is 1.68. The fourth-order valence-electron chi connectivity index (χ4n) is 0.224. The molecule has 0 amide bonds. The summed E-state index contributed by atoms with van der Waals surface area (Å²) < 4.78 is 10.5. The van der Waals surface area contributed by atoms with Crippen LogP contribution in [0.25, 0.3) is 0 Å². The summed E-state index contributed by atoms with van der Waals surface area (Å²) in [5.41, 5.74) is 0. The van der Waals surface area contributed by atoms with Gasteiger partial charge in [0.2, 0.25) is 0 Å². The van der Waals surface area contributed by atoms with Crippen LogP contribution in [0.3, 0.4) is 0 Å². The van der Waals surface area contributed by atoms with Crippen LogP contribution < -0.4 is 0 Å². The molecule has 0 unspecified atom stereocenters. The van der Waals surface area contributed by atoms with Crippen LogP contribution in [-0.4, -0.2) is 17.2 Å². The molecule has 1 N–H and O–H groups in total. The zero-order valence-electron chi connectivity index (χ0n) is 5.22. The molecular formula is C4H11O2PTi. The summed E-state index contributed by atoms with van der Waals surface area (Å²) in [7, 11) is -2.65. The molecule has 4 heteroatoms. The van der Waals surface area contributed by atoms with Gasteiger partial charge in [0.05, 0.1) is 0 Å². The van der Waals surface area contributed by atoms with Crippen molar-refractivity contribution in [2.75, 3.05) is 12.3 Å². The van der Waals surface area contributed by atoms with Crippen molar-refractivity contribution >= 4 is 7.37 Å². The first kappa shape index (κ1) is 11.7. The predicted molar refractivity (Wildman–Crippen MR) is 30.9 cm³/mol. The first-order chi connectivity index (χ1) is 3.12. The zero-order chi connectivity index (χ0) is 5.91. The molecule has 0 aromatic heterocycles. The van der Waals surface area contributed by atoms with Crippen LogP contribution in [0, 0.1) is 0 Å². The van der Waals surface area contributed by atoms with E-state index in [1.165, 1.54) is 0 Å². The van der Waals surface area contributed by atoms with Gasteiger partial charge >= 0.3 is 0 Å². The molecule has 0 aliphatic heterocycles. The Labute approximate surface area is 65.0 Å². The Bertz CT molecular complexity index is 86.0. The van der Waals surface area contributed by atoms with Gasteiger partial charge in [-0.3, -0.25) is 4.57 Å². The fraction of sp³-hybridized carbons (Fsp3) is 1.00. The number of rotatable bonds is 2. The van der Waals surface area contributed by atoms with Gasteiger partial charge in [-0.2, -0.15) is 0 Å². The van der Waals surface area contributed by atoms with Crippen LogP contribution in [0.2, 0.25) is 0 Å². The molecule has 8 heavy (non-hydrogen) atoms. The minimum absolute atomic E-state index is 0. The van der Waals surface area contributed by atoms with Crippen LogP contribution in [-0.2, 0) is 26.3 Å². The molecule has 2 nitrogen and oxygen atoms in total. The molecule has 0 aliphatic rings. The van der Waals surface area contributed by atoms with Crippen LogP contribution in [0.4, 0.5) is 0 Å². The molecule has 0 fully saturated rings. The van der Waals surface area contributed by atoms with Crippen molar-refractivity contribution in [1.29, 1.82) is 0 Å². The maximum absolute atomic E-state index is 10.5. The molecule has 0 saturated carbocycles. The molecule has 0 bridgehead atoms. The number of hydrogen-bond acceptors (Lipinski definition) is 1. The van der Waals surface area contributed by atoms with Crippen molar-refractivity contribution in [2.24, 2.45) is 0 Å². The van der Waals surface area contributed by atoms with Gasteiger partial charge in [-0.25, -0.2) is 0 Å². The van der Waals surface area contributed by atoms with E-state index in [1.54, 1.807) is 13.8 Å². The largest absolute Gasteiger partial charge is 0.344 e. The Balaban J connectivity index is 0. The van der Waals surface area contributed by atoms with Crippen molar-refractivity contribution < 1.29 is 31.2 Å². The van der Waals surface area contributed by atoms with Gasteiger partial charge in [0, 0.05) is 34.0 Å². The summed E-state index contributed by atoms with van der Waals surface area (Å²) in [6.07, 6.45) is 0.812. The second-order valence-corrected chi connectivity index (χ2v) is 4.44. The summed E-state index contributed by atoms with van der Waals surface area (Å²) >= 11 is 0. The monoisotopic (exact) mass is 170 g/mol. The predicted octanol–water partition coefficient (Wildman–Crippen LogP) is 1.29. The summed E-state index contributed by atoms with van der Waals surface area (Å²) in [6, 6.07) is 0. The van der Waals surface area contributed by atoms with Gasteiger partial charge < -0.3 is 4.89 Å². The van der Waals surface area contributed by atoms with Gasteiger partial charge in [0.25, 0.3) is 0 Å². The first-order valence-corrected chi connectivity index (χ1v) is 4.46. The Morgan fingerprint density at radius 3 is 1.62 bits per heavy atom. The Morgan fingerprint density at radius 1 is 1.38 bits per heavy atom. The van der Waals surface area contributed by atoms with E-state index in [2.05, 4.69) is 0 Å². The summed E-state index contributed by atoms with van der Waals surface area (Å²) in [5, 5.41) is 0. The van der Waals surface area contributed by atoms with E-state index in [9.17, 15) is 4.57 Å². The molecule has 0 aromatic carbocycles. The second kappa shape index (κ2) is 4.75. The van der Waals surface area contributed by atoms with Crippen LogP contribution >= 0.6 is 7.37 Å². The summed E-state index contributed by atoms with van der Waals surface area (Å²) in [5.74, 6) is 0. The van der Waals surface area contributed by atoms with E-state index in [0.717, 1.165) is 0 Å². The molecular weight excluding hydrogens is 159 g/mol. The van der Waals surface area contributed by atoms with Gasteiger partial charge in [-0.05, 0) is 0 Å². The molecule has 0 aliphatic carbocycles. The molecule has 0 aromatic rings. The molecule has 0 atom stereocenters. The molecule has 0 heterocycles. The standard InChI is InChI=1S/C4H11O2P.Ti/c1-3-7(5,6)4-2;/h3-4H2,1-2H3,(H,5,6);. The molecule has 0 rings (SSSR count). The van der Waals surface area contributed by atoms with Crippen LogP contribution in [0.15, 0.2) is 0 Å². The maximum Gasteiger partial charge on any atom is 0.200 e. The van der Waals surface area contributed by atoms with Gasteiger partial charge in [-0.1, -0.05) is 13.8 Å². The van der Waals surface area contributed by atoms with E-state index < -0.39 is 7.37 Å². The van der Waals surface area contributed by atoms with Crippen molar-refractivity contribution in [3.05, 3.63) is 0 Å². The van der Waals surface area contributed by atoms with E-state index in [-0.39, 0.29) is 21.7 Å². The topological polar surface area (TPSA) is 37.3 Å².